The molecule has 0 heterocycles. The molecule has 0 spiro atoms. The maximum atomic E-state index is 11.8. The van der Waals surface area contributed by atoms with E-state index in [-0.39, 0.29) is 18.2 Å². The van der Waals surface area contributed by atoms with Crippen molar-refractivity contribution in [3.05, 3.63) is 0 Å². The molecule has 1 amide bonds. The number of carbonyl (C=O) groups is 1. The number of hydrogen-bond donors (Lipinski definition) is 3. The van der Waals surface area contributed by atoms with Gasteiger partial charge < -0.3 is 20.5 Å². The van der Waals surface area contributed by atoms with Gasteiger partial charge in [-0.1, -0.05) is 0 Å². The van der Waals surface area contributed by atoms with Crippen LogP contribution in [0.2, 0.25) is 0 Å². The largest absolute Gasteiger partial charge is 0.444 e. The van der Waals surface area contributed by atoms with Crippen molar-refractivity contribution in [3.63, 3.8) is 0 Å². The molecular weight excluding hydrogens is 268 g/mol. The number of aliphatic hydroxyl groups excluding tert-OH is 1. The zero-order valence-corrected chi connectivity index (χ0v) is 13.5. The van der Waals surface area contributed by atoms with E-state index < -0.39 is 5.60 Å². The second-order valence-electron chi connectivity index (χ2n) is 7.61. The molecule has 122 valence electrons. The number of rotatable bonds is 4. The second-order valence-corrected chi connectivity index (χ2v) is 7.61. The first-order valence-corrected chi connectivity index (χ1v) is 8.23. The van der Waals surface area contributed by atoms with Gasteiger partial charge in [0.1, 0.15) is 5.60 Å². The van der Waals surface area contributed by atoms with E-state index in [1.807, 2.05) is 20.8 Å². The SMILES string of the molecule is CC(C)(C)OC(=O)NC1CCCC(NCC2CC(O)C2)C1. The molecule has 2 fully saturated rings. The van der Waals surface area contributed by atoms with Gasteiger partial charge >= 0.3 is 6.09 Å². The Labute approximate surface area is 127 Å². The van der Waals surface area contributed by atoms with E-state index in [0.717, 1.165) is 38.6 Å². The van der Waals surface area contributed by atoms with Crippen LogP contribution in [0, 0.1) is 5.92 Å². The highest BCUT2D eigenvalue weighted by Crippen LogP contribution is 2.27. The summed E-state index contributed by atoms with van der Waals surface area (Å²) in [7, 11) is 0. The number of hydrogen-bond acceptors (Lipinski definition) is 4. The number of carbonyl (C=O) groups excluding carboxylic acids is 1. The number of alkyl carbamates (subject to hydrolysis) is 1. The van der Waals surface area contributed by atoms with Gasteiger partial charge in [0, 0.05) is 12.1 Å². The van der Waals surface area contributed by atoms with Gasteiger partial charge in [-0.05, 0) is 71.8 Å². The average Bonchev–Trinajstić information content (AvgIpc) is 2.31. The molecule has 2 rings (SSSR count). The van der Waals surface area contributed by atoms with Gasteiger partial charge in [0.05, 0.1) is 6.10 Å². The lowest BCUT2D eigenvalue weighted by atomic mass is 9.82. The fourth-order valence-electron chi connectivity index (χ4n) is 3.18. The molecule has 3 N–H and O–H groups in total. The monoisotopic (exact) mass is 298 g/mol. The molecule has 2 atom stereocenters. The average molecular weight is 298 g/mol. The molecule has 2 saturated carbocycles. The summed E-state index contributed by atoms with van der Waals surface area (Å²) in [6.45, 7) is 6.63. The highest BCUT2D eigenvalue weighted by atomic mass is 16.6. The summed E-state index contributed by atoms with van der Waals surface area (Å²) < 4.78 is 5.31. The highest BCUT2D eigenvalue weighted by Gasteiger charge is 2.29. The topological polar surface area (TPSA) is 70.6 Å². The van der Waals surface area contributed by atoms with Crippen LogP contribution in [0.1, 0.15) is 59.3 Å². The van der Waals surface area contributed by atoms with Crippen molar-refractivity contribution in [3.8, 4) is 0 Å². The number of nitrogens with one attached hydrogen (secondary N) is 2. The minimum atomic E-state index is -0.443. The van der Waals surface area contributed by atoms with Crippen molar-refractivity contribution in [2.45, 2.75) is 83.1 Å². The lowest BCUT2D eigenvalue weighted by Crippen LogP contribution is -2.47. The number of ether oxygens (including phenoxy) is 1. The Hall–Kier alpha value is -0.810. The van der Waals surface area contributed by atoms with Gasteiger partial charge in [0.25, 0.3) is 0 Å². The fourth-order valence-corrected chi connectivity index (χ4v) is 3.18. The highest BCUT2D eigenvalue weighted by molar-refractivity contribution is 5.68. The van der Waals surface area contributed by atoms with Gasteiger partial charge in [-0.2, -0.15) is 0 Å². The molecule has 0 aromatic heterocycles. The van der Waals surface area contributed by atoms with Crippen LogP contribution < -0.4 is 10.6 Å². The van der Waals surface area contributed by atoms with Crippen molar-refractivity contribution in [2.24, 2.45) is 5.92 Å². The molecule has 21 heavy (non-hydrogen) atoms. The fraction of sp³-hybridized carbons (Fsp3) is 0.938. The molecule has 5 nitrogen and oxygen atoms in total. The van der Waals surface area contributed by atoms with Gasteiger partial charge in [0.15, 0.2) is 0 Å². The maximum absolute atomic E-state index is 11.8. The van der Waals surface area contributed by atoms with Crippen LogP contribution in [0.3, 0.4) is 0 Å². The van der Waals surface area contributed by atoms with Gasteiger partial charge in [0.2, 0.25) is 0 Å². The van der Waals surface area contributed by atoms with Gasteiger partial charge in [-0.15, -0.1) is 0 Å². The third kappa shape index (κ3) is 5.83. The molecule has 2 unspecified atom stereocenters. The van der Waals surface area contributed by atoms with Crippen molar-refractivity contribution >= 4 is 6.09 Å². The summed E-state index contributed by atoms with van der Waals surface area (Å²) in [5.41, 5.74) is -0.443. The Kier molecular flexibility index (Phi) is 5.49. The standard InChI is InChI=1S/C16H30N2O3/c1-16(2,3)21-15(20)18-13-6-4-5-12(9-13)17-10-11-7-14(19)8-11/h11-14,17,19H,4-10H2,1-3H3,(H,18,20). The summed E-state index contributed by atoms with van der Waals surface area (Å²) in [5, 5.41) is 15.9. The summed E-state index contributed by atoms with van der Waals surface area (Å²) in [5.74, 6) is 0.624. The third-order valence-electron chi connectivity index (χ3n) is 4.30. The normalized spacial score (nSPS) is 33.1. The Morgan fingerprint density at radius 1 is 1.19 bits per heavy atom. The molecule has 0 bridgehead atoms. The summed E-state index contributed by atoms with van der Waals surface area (Å²) in [6.07, 6.45) is 5.76. The Balaban J connectivity index is 1.67. The maximum Gasteiger partial charge on any atom is 0.407 e. The first kappa shape index (κ1) is 16.6. The molecule has 2 aliphatic carbocycles. The minimum absolute atomic E-state index is 0.0789. The molecular formula is C16H30N2O3. The smallest absolute Gasteiger partial charge is 0.407 e. The molecule has 0 radical (unpaired) electrons. The molecule has 0 aliphatic heterocycles. The van der Waals surface area contributed by atoms with E-state index in [1.54, 1.807) is 0 Å². The number of amides is 1. The molecule has 2 aliphatic rings. The first-order chi connectivity index (χ1) is 9.82. The quantitative estimate of drug-likeness (QED) is 0.744. The Morgan fingerprint density at radius 2 is 1.86 bits per heavy atom. The van der Waals surface area contributed by atoms with Crippen molar-refractivity contribution in [1.82, 2.24) is 10.6 Å². The minimum Gasteiger partial charge on any atom is -0.444 e. The van der Waals surface area contributed by atoms with E-state index in [2.05, 4.69) is 10.6 Å². The Bertz CT molecular complexity index is 348. The summed E-state index contributed by atoms with van der Waals surface area (Å²) >= 11 is 0. The summed E-state index contributed by atoms with van der Waals surface area (Å²) in [6, 6.07) is 0.675. The van der Waals surface area contributed by atoms with Crippen LogP contribution in [0.25, 0.3) is 0 Å². The van der Waals surface area contributed by atoms with Crippen LogP contribution in [-0.4, -0.2) is 41.5 Å². The van der Waals surface area contributed by atoms with Crippen LogP contribution in [-0.2, 0) is 4.74 Å². The Morgan fingerprint density at radius 3 is 2.48 bits per heavy atom. The predicted molar refractivity (Wildman–Crippen MR) is 82.1 cm³/mol. The molecule has 0 saturated heterocycles. The van der Waals surface area contributed by atoms with E-state index in [1.165, 1.54) is 6.42 Å². The van der Waals surface area contributed by atoms with Crippen molar-refractivity contribution in [2.75, 3.05) is 6.54 Å². The van der Waals surface area contributed by atoms with Crippen LogP contribution in [0.4, 0.5) is 4.79 Å². The van der Waals surface area contributed by atoms with Crippen molar-refractivity contribution < 1.29 is 14.6 Å². The van der Waals surface area contributed by atoms with E-state index in [4.69, 9.17) is 4.74 Å². The van der Waals surface area contributed by atoms with Crippen molar-refractivity contribution in [1.29, 1.82) is 0 Å². The van der Waals surface area contributed by atoms with E-state index in [0.29, 0.717) is 12.0 Å². The molecule has 0 aromatic rings. The van der Waals surface area contributed by atoms with Crippen LogP contribution >= 0.6 is 0 Å². The van der Waals surface area contributed by atoms with Crippen LogP contribution in [0.15, 0.2) is 0 Å². The summed E-state index contributed by atoms with van der Waals surface area (Å²) in [4.78, 5) is 11.8. The predicted octanol–water partition coefficient (Wildman–Crippen LogP) is 2.18. The van der Waals surface area contributed by atoms with Gasteiger partial charge in [-0.3, -0.25) is 0 Å². The van der Waals surface area contributed by atoms with E-state index >= 15 is 0 Å². The third-order valence-corrected chi connectivity index (χ3v) is 4.30. The number of aliphatic hydroxyl groups is 1. The van der Waals surface area contributed by atoms with E-state index in [9.17, 15) is 9.90 Å². The van der Waals surface area contributed by atoms with Gasteiger partial charge in [-0.25, -0.2) is 4.79 Å². The zero-order valence-electron chi connectivity index (χ0n) is 13.5. The first-order valence-electron chi connectivity index (χ1n) is 8.23. The lowest BCUT2D eigenvalue weighted by Gasteiger charge is -2.35. The second kappa shape index (κ2) is 6.97. The van der Waals surface area contributed by atoms with Crippen LogP contribution in [0.5, 0.6) is 0 Å². The molecule has 5 heteroatoms. The zero-order chi connectivity index (χ0) is 15.5. The molecule has 0 aromatic carbocycles. The lowest BCUT2D eigenvalue weighted by molar-refractivity contribution is 0.0397.